The number of aryl methyl sites for hydroxylation is 1. The molecule has 21 heavy (non-hydrogen) atoms. The fourth-order valence-electron chi connectivity index (χ4n) is 3.09. The molecule has 2 heterocycles. The number of benzene rings is 1. The molecule has 1 aromatic heterocycles. The largest absolute Gasteiger partial charge is 0.361 e. The summed E-state index contributed by atoms with van der Waals surface area (Å²) in [5.74, 6) is 0.295. The number of carbonyl (C=O) groups excluding carboxylic acids is 1. The summed E-state index contributed by atoms with van der Waals surface area (Å²) in [6, 6.07) is 8.74. The van der Waals surface area contributed by atoms with Crippen LogP contribution in [0.4, 0.5) is 0 Å². The van der Waals surface area contributed by atoms with Gasteiger partial charge in [-0.15, -0.1) is 0 Å². The first kappa shape index (κ1) is 14.1. The molecule has 1 aliphatic rings. The number of aromatic amines is 1. The molecule has 0 radical (unpaired) electrons. The second-order valence-corrected chi connectivity index (χ2v) is 5.91. The maximum Gasteiger partial charge on any atom is 0.222 e. The monoisotopic (exact) mass is 285 g/mol. The molecule has 1 fully saturated rings. The van der Waals surface area contributed by atoms with Crippen molar-refractivity contribution in [3.8, 4) is 0 Å². The van der Waals surface area contributed by atoms with Gasteiger partial charge >= 0.3 is 0 Å². The number of hydrogen-bond acceptors (Lipinski definition) is 2. The summed E-state index contributed by atoms with van der Waals surface area (Å²) in [5.41, 5.74) is 2.49. The second kappa shape index (κ2) is 6.31. The molecule has 0 bridgehead atoms. The Kier molecular flexibility index (Phi) is 4.25. The predicted octanol–water partition coefficient (Wildman–Crippen LogP) is 2.31. The third kappa shape index (κ3) is 3.27. The van der Waals surface area contributed by atoms with E-state index in [2.05, 4.69) is 41.6 Å². The first-order valence-corrected chi connectivity index (χ1v) is 7.80. The Balaban J connectivity index is 1.52. The molecule has 112 valence electrons. The average molecular weight is 285 g/mol. The van der Waals surface area contributed by atoms with E-state index in [1.165, 1.54) is 16.5 Å². The molecule has 4 nitrogen and oxygen atoms in total. The van der Waals surface area contributed by atoms with Crippen molar-refractivity contribution in [2.75, 3.05) is 19.6 Å². The van der Waals surface area contributed by atoms with Gasteiger partial charge in [0.15, 0.2) is 0 Å². The van der Waals surface area contributed by atoms with Gasteiger partial charge in [-0.25, -0.2) is 0 Å². The Bertz CT molecular complexity index is 619. The van der Waals surface area contributed by atoms with Gasteiger partial charge in [0.25, 0.3) is 0 Å². The maximum atomic E-state index is 12.2. The fourth-order valence-corrected chi connectivity index (χ4v) is 3.09. The second-order valence-electron chi connectivity index (χ2n) is 5.91. The van der Waals surface area contributed by atoms with Gasteiger partial charge in [0, 0.05) is 49.2 Å². The molecule has 1 atom stereocenters. The number of rotatable bonds is 4. The summed E-state index contributed by atoms with van der Waals surface area (Å²) in [7, 11) is 0. The SMILES string of the molecule is CC1CN(C(=O)CCCc2c[nH]c3ccccc23)CCN1. The number of H-pyrrole nitrogens is 1. The molecule has 4 heteroatoms. The molecule has 2 aromatic rings. The van der Waals surface area contributed by atoms with Crippen LogP contribution in [-0.2, 0) is 11.2 Å². The molecule has 1 aliphatic heterocycles. The topological polar surface area (TPSA) is 48.1 Å². The molecule has 0 aliphatic carbocycles. The third-order valence-corrected chi connectivity index (χ3v) is 4.23. The lowest BCUT2D eigenvalue weighted by Gasteiger charge is -2.32. The van der Waals surface area contributed by atoms with Crippen molar-refractivity contribution in [1.82, 2.24) is 15.2 Å². The number of fused-ring (bicyclic) bond motifs is 1. The molecule has 2 N–H and O–H groups in total. The number of piperazine rings is 1. The van der Waals surface area contributed by atoms with E-state index in [4.69, 9.17) is 0 Å². The van der Waals surface area contributed by atoms with Gasteiger partial charge in [0.1, 0.15) is 0 Å². The van der Waals surface area contributed by atoms with Crippen molar-refractivity contribution in [2.24, 2.45) is 0 Å². The van der Waals surface area contributed by atoms with E-state index in [1.807, 2.05) is 11.0 Å². The summed E-state index contributed by atoms with van der Waals surface area (Å²) in [6.45, 7) is 4.73. The molecule has 1 aromatic carbocycles. The van der Waals surface area contributed by atoms with Gasteiger partial charge in [0.05, 0.1) is 0 Å². The summed E-state index contributed by atoms with van der Waals surface area (Å²) in [4.78, 5) is 17.5. The van der Waals surface area contributed by atoms with Crippen LogP contribution in [0.1, 0.15) is 25.3 Å². The predicted molar refractivity (Wildman–Crippen MR) is 85.3 cm³/mol. The molecular formula is C17H23N3O. The number of para-hydroxylation sites is 1. The van der Waals surface area contributed by atoms with Crippen molar-refractivity contribution in [3.05, 3.63) is 36.0 Å². The highest BCUT2D eigenvalue weighted by Crippen LogP contribution is 2.19. The van der Waals surface area contributed by atoms with Gasteiger partial charge in [-0.05, 0) is 31.4 Å². The highest BCUT2D eigenvalue weighted by molar-refractivity contribution is 5.83. The third-order valence-electron chi connectivity index (χ3n) is 4.23. The summed E-state index contributed by atoms with van der Waals surface area (Å²) < 4.78 is 0. The Morgan fingerprint density at radius 1 is 1.38 bits per heavy atom. The summed E-state index contributed by atoms with van der Waals surface area (Å²) in [6.07, 6.45) is 4.59. The van der Waals surface area contributed by atoms with Gasteiger partial charge in [-0.2, -0.15) is 0 Å². The van der Waals surface area contributed by atoms with Crippen LogP contribution in [-0.4, -0.2) is 41.5 Å². The standard InChI is InChI=1S/C17H23N3O/c1-13-12-20(10-9-18-13)17(21)8-4-5-14-11-19-16-7-3-2-6-15(14)16/h2-3,6-7,11,13,18-19H,4-5,8-10,12H2,1H3. The van der Waals surface area contributed by atoms with E-state index in [0.717, 1.165) is 32.5 Å². The van der Waals surface area contributed by atoms with Crippen LogP contribution in [0.2, 0.25) is 0 Å². The van der Waals surface area contributed by atoms with E-state index in [-0.39, 0.29) is 0 Å². The lowest BCUT2D eigenvalue weighted by Crippen LogP contribution is -2.51. The lowest BCUT2D eigenvalue weighted by atomic mass is 10.1. The van der Waals surface area contributed by atoms with E-state index >= 15 is 0 Å². The van der Waals surface area contributed by atoms with Gasteiger partial charge in [0.2, 0.25) is 5.91 Å². The van der Waals surface area contributed by atoms with E-state index < -0.39 is 0 Å². The molecular weight excluding hydrogens is 262 g/mol. The van der Waals surface area contributed by atoms with Crippen LogP contribution in [0.3, 0.4) is 0 Å². The smallest absolute Gasteiger partial charge is 0.222 e. The zero-order chi connectivity index (χ0) is 14.7. The number of aromatic nitrogens is 1. The van der Waals surface area contributed by atoms with Crippen molar-refractivity contribution < 1.29 is 4.79 Å². The summed E-state index contributed by atoms with van der Waals surface area (Å²) in [5, 5.41) is 4.65. The molecule has 1 amide bonds. The van der Waals surface area contributed by atoms with E-state index in [0.29, 0.717) is 18.4 Å². The van der Waals surface area contributed by atoms with Crippen LogP contribution >= 0.6 is 0 Å². The van der Waals surface area contributed by atoms with Gasteiger partial charge in [-0.3, -0.25) is 4.79 Å². The van der Waals surface area contributed by atoms with E-state index in [9.17, 15) is 4.79 Å². The average Bonchev–Trinajstić information content (AvgIpc) is 2.91. The zero-order valence-corrected chi connectivity index (χ0v) is 12.6. The Morgan fingerprint density at radius 2 is 2.24 bits per heavy atom. The normalized spacial score (nSPS) is 19.1. The molecule has 0 spiro atoms. The van der Waals surface area contributed by atoms with Gasteiger partial charge in [-0.1, -0.05) is 18.2 Å². The van der Waals surface area contributed by atoms with Crippen LogP contribution < -0.4 is 5.32 Å². The first-order chi connectivity index (χ1) is 10.2. The van der Waals surface area contributed by atoms with Crippen molar-refractivity contribution in [3.63, 3.8) is 0 Å². The van der Waals surface area contributed by atoms with E-state index in [1.54, 1.807) is 0 Å². The van der Waals surface area contributed by atoms with Crippen LogP contribution in [0.5, 0.6) is 0 Å². The van der Waals surface area contributed by atoms with Gasteiger partial charge < -0.3 is 15.2 Å². The number of carbonyl (C=O) groups is 1. The molecule has 1 saturated heterocycles. The lowest BCUT2D eigenvalue weighted by molar-refractivity contribution is -0.132. The van der Waals surface area contributed by atoms with Crippen molar-refractivity contribution in [1.29, 1.82) is 0 Å². The van der Waals surface area contributed by atoms with Crippen molar-refractivity contribution >= 4 is 16.8 Å². The molecule has 3 rings (SSSR count). The van der Waals surface area contributed by atoms with Crippen LogP contribution in [0, 0.1) is 0 Å². The Morgan fingerprint density at radius 3 is 3.10 bits per heavy atom. The molecule has 0 saturated carbocycles. The minimum Gasteiger partial charge on any atom is -0.361 e. The number of amides is 1. The highest BCUT2D eigenvalue weighted by atomic mass is 16.2. The number of nitrogens with one attached hydrogen (secondary N) is 2. The summed E-state index contributed by atoms with van der Waals surface area (Å²) >= 11 is 0. The minimum atomic E-state index is 0.295. The minimum absolute atomic E-state index is 0.295. The maximum absolute atomic E-state index is 12.2. The number of nitrogens with zero attached hydrogens (tertiary/aromatic N) is 1. The zero-order valence-electron chi connectivity index (χ0n) is 12.6. The molecule has 1 unspecified atom stereocenters. The fraction of sp³-hybridized carbons (Fsp3) is 0.471. The van der Waals surface area contributed by atoms with Crippen LogP contribution in [0.25, 0.3) is 10.9 Å². The van der Waals surface area contributed by atoms with Crippen LogP contribution in [0.15, 0.2) is 30.5 Å². The highest BCUT2D eigenvalue weighted by Gasteiger charge is 2.19. The van der Waals surface area contributed by atoms with Crippen molar-refractivity contribution in [2.45, 2.75) is 32.2 Å². The Labute approximate surface area is 125 Å². The first-order valence-electron chi connectivity index (χ1n) is 7.80. The quantitative estimate of drug-likeness (QED) is 0.905. The Hall–Kier alpha value is -1.81. The number of hydrogen-bond donors (Lipinski definition) is 2.